The van der Waals surface area contributed by atoms with Crippen molar-refractivity contribution in [2.75, 3.05) is 37.0 Å². The van der Waals surface area contributed by atoms with E-state index in [0.717, 1.165) is 6.54 Å². The lowest BCUT2D eigenvalue weighted by Gasteiger charge is -2.41. The highest BCUT2D eigenvalue weighted by molar-refractivity contribution is 5.76. The van der Waals surface area contributed by atoms with Crippen LogP contribution in [0.5, 0.6) is 0 Å². The van der Waals surface area contributed by atoms with Gasteiger partial charge in [-0.3, -0.25) is 0 Å². The van der Waals surface area contributed by atoms with Crippen LogP contribution in [0.4, 0.5) is 11.4 Å². The van der Waals surface area contributed by atoms with Gasteiger partial charge in [0.1, 0.15) is 0 Å². The summed E-state index contributed by atoms with van der Waals surface area (Å²) >= 11 is 0. The molecular weight excluding hydrogens is 186 g/mol. The smallest absolute Gasteiger partial charge is 0.0631 e. The molecule has 1 atom stereocenters. The molecule has 0 radical (unpaired) electrons. The van der Waals surface area contributed by atoms with Crippen molar-refractivity contribution >= 4 is 11.4 Å². The number of likely N-dealkylation sites (N-methyl/N-ethyl adjacent to an activating group) is 2. The maximum Gasteiger partial charge on any atom is 0.0631 e. The lowest BCUT2D eigenvalue weighted by molar-refractivity contribution is 0.608. The van der Waals surface area contributed by atoms with Gasteiger partial charge in [-0.2, -0.15) is 0 Å². The molecule has 0 aromatic heterocycles. The topological polar surface area (TPSA) is 32.5 Å². The highest BCUT2D eigenvalue weighted by atomic mass is 15.3. The summed E-state index contributed by atoms with van der Waals surface area (Å²) in [5.74, 6) is 0. The molecule has 0 saturated heterocycles. The van der Waals surface area contributed by atoms with Crippen LogP contribution in [-0.2, 0) is 0 Å². The number of nitrogens with zero attached hydrogens (tertiary/aromatic N) is 2. The highest BCUT2D eigenvalue weighted by Gasteiger charge is 2.26. The van der Waals surface area contributed by atoms with Crippen LogP contribution in [0, 0.1) is 6.92 Å². The van der Waals surface area contributed by atoms with Gasteiger partial charge in [0, 0.05) is 27.2 Å². The predicted molar refractivity (Wildman–Crippen MR) is 65.7 cm³/mol. The third-order valence-electron chi connectivity index (χ3n) is 3.28. The molecule has 1 aromatic rings. The fraction of sp³-hybridized carbons (Fsp3) is 0.500. The second kappa shape index (κ2) is 3.74. The van der Waals surface area contributed by atoms with Gasteiger partial charge in [-0.05, 0) is 18.6 Å². The first-order valence-electron chi connectivity index (χ1n) is 5.38. The minimum absolute atomic E-state index is 0.421. The molecule has 1 unspecified atom stereocenters. The van der Waals surface area contributed by atoms with E-state index in [4.69, 9.17) is 5.73 Å². The first-order chi connectivity index (χ1) is 7.15. The van der Waals surface area contributed by atoms with Crippen LogP contribution in [0.2, 0.25) is 0 Å². The average Bonchev–Trinajstić information content (AvgIpc) is 2.23. The summed E-state index contributed by atoms with van der Waals surface area (Å²) in [6.07, 6.45) is 0. The average molecular weight is 205 g/mol. The number of anilines is 2. The zero-order chi connectivity index (χ0) is 11.0. The van der Waals surface area contributed by atoms with Gasteiger partial charge in [-0.25, -0.2) is 0 Å². The number of hydrogen-bond donors (Lipinski definition) is 1. The number of benzene rings is 1. The maximum absolute atomic E-state index is 5.78. The molecule has 0 fully saturated rings. The number of rotatable bonds is 1. The number of nitrogens with two attached hydrogens (primary N) is 1. The zero-order valence-electron chi connectivity index (χ0n) is 9.70. The Bertz CT molecular complexity index is 362. The maximum atomic E-state index is 5.78. The summed E-state index contributed by atoms with van der Waals surface area (Å²) in [6.45, 7) is 3.87. The minimum atomic E-state index is 0.421. The van der Waals surface area contributed by atoms with E-state index in [1.54, 1.807) is 0 Å². The SMILES string of the molecule is Cc1cccc2c1N(C)CC(CN)N2C. The monoisotopic (exact) mass is 205 g/mol. The van der Waals surface area contributed by atoms with Gasteiger partial charge in [0.25, 0.3) is 0 Å². The lowest BCUT2D eigenvalue weighted by Crippen LogP contribution is -2.49. The third-order valence-corrected chi connectivity index (χ3v) is 3.28. The molecule has 1 aliphatic heterocycles. The quantitative estimate of drug-likeness (QED) is 0.748. The predicted octanol–water partition coefficient (Wildman–Crippen LogP) is 1.21. The van der Waals surface area contributed by atoms with E-state index in [0.29, 0.717) is 12.6 Å². The molecular formula is C12H19N3. The molecule has 82 valence electrons. The second-order valence-electron chi connectivity index (χ2n) is 4.32. The first kappa shape index (κ1) is 10.3. The fourth-order valence-corrected chi connectivity index (χ4v) is 2.38. The number of hydrogen-bond acceptors (Lipinski definition) is 3. The molecule has 0 spiro atoms. The van der Waals surface area contributed by atoms with Crippen molar-refractivity contribution < 1.29 is 0 Å². The Hall–Kier alpha value is -1.22. The lowest BCUT2D eigenvalue weighted by atomic mass is 10.0. The van der Waals surface area contributed by atoms with E-state index in [1.165, 1.54) is 16.9 Å². The highest BCUT2D eigenvalue weighted by Crippen LogP contribution is 2.35. The van der Waals surface area contributed by atoms with Crippen molar-refractivity contribution in [3.05, 3.63) is 23.8 Å². The summed E-state index contributed by atoms with van der Waals surface area (Å²) in [7, 11) is 4.27. The van der Waals surface area contributed by atoms with Crippen molar-refractivity contribution in [2.24, 2.45) is 5.73 Å². The van der Waals surface area contributed by atoms with E-state index in [2.05, 4.69) is 49.0 Å². The molecule has 1 aliphatic rings. The molecule has 2 N–H and O–H groups in total. The Labute approximate surface area is 91.5 Å². The Morgan fingerprint density at radius 3 is 2.80 bits per heavy atom. The van der Waals surface area contributed by atoms with Crippen LogP contribution in [0.3, 0.4) is 0 Å². The number of fused-ring (bicyclic) bond motifs is 1. The van der Waals surface area contributed by atoms with Crippen LogP contribution in [0.1, 0.15) is 5.56 Å². The molecule has 3 heteroatoms. The van der Waals surface area contributed by atoms with Gasteiger partial charge < -0.3 is 15.5 Å². The molecule has 3 nitrogen and oxygen atoms in total. The van der Waals surface area contributed by atoms with Crippen LogP contribution in [0.25, 0.3) is 0 Å². The van der Waals surface area contributed by atoms with Crippen LogP contribution >= 0.6 is 0 Å². The first-order valence-corrected chi connectivity index (χ1v) is 5.38. The van der Waals surface area contributed by atoms with Crippen molar-refractivity contribution in [3.8, 4) is 0 Å². The van der Waals surface area contributed by atoms with Crippen molar-refractivity contribution in [1.82, 2.24) is 0 Å². The van der Waals surface area contributed by atoms with Crippen LogP contribution in [0.15, 0.2) is 18.2 Å². The molecule has 15 heavy (non-hydrogen) atoms. The summed E-state index contributed by atoms with van der Waals surface area (Å²) in [5, 5.41) is 0. The summed E-state index contributed by atoms with van der Waals surface area (Å²) in [5.41, 5.74) is 9.74. The fourth-order valence-electron chi connectivity index (χ4n) is 2.38. The van der Waals surface area contributed by atoms with Gasteiger partial charge >= 0.3 is 0 Å². The van der Waals surface area contributed by atoms with Crippen molar-refractivity contribution in [2.45, 2.75) is 13.0 Å². The van der Waals surface area contributed by atoms with Gasteiger partial charge in [0.05, 0.1) is 17.4 Å². The summed E-state index contributed by atoms with van der Waals surface area (Å²) in [4.78, 5) is 4.60. The van der Waals surface area contributed by atoms with Gasteiger partial charge in [-0.1, -0.05) is 12.1 Å². The summed E-state index contributed by atoms with van der Waals surface area (Å²) in [6, 6.07) is 6.86. The molecule has 0 amide bonds. The van der Waals surface area contributed by atoms with E-state index in [1.807, 2.05) is 0 Å². The molecule has 1 heterocycles. The van der Waals surface area contributed by atoms with Crippen LogP contribution in [-0.4, -0.2) is 33.2 Å². The van der Waals surface area contributed by atoms with Crippen molar-refractivity contribution in [1.29, 1.82) is 0 Å². The normalized spacial score (nSPS) is 20.4. The molecule has 1 aromatic carbocycles. The minimum Gasteiger partial charge on any atom is -0.371 e. The zero-order valence-corrected chi connectivity index (χ0v) is 9.70. The molecule has 0 bridgehead atoms. The summed E-state index contributed by atoms with van der Waals surface area (Å²) < 4.78 is 0. The van der Waals surface area contributed by atoms with E-state index in [-0.39, 0.29) is 0 Å². The number of para-hydroxylation sites is 1. The van der Waals surface area contributed by atoms with Gasteiger partial charge in [-0.15, -0.1) is 0 Å². The van der Waals surface area contributed by atoms with Crippen LogP contribution < -0.4 is 15.5 Å². The van der Waals surface area contributed by atoms with E-state index >= 15 is 0 Å². The Balaban J connectivity index is 2.49. The molecule has 2 rings (SSSR count). The van der Waals surface area contributed by atoms with E-state index in [9.17, 15) is 0 Å². The number of aryl methyl sites for hydroxylation is 1. The largest absolute Gasteiger partial charge is 0.371 e. The Kier molecular flexibility index (Phi) is 2.57. The molecule has 0 saturated carbocycles. The van der Waals surface area contributed by atoms with Gasteiger partial charge in [0.15, 0.2) is 0 Å². The van der Waals surface area contributed by atoms with Crippen molar-refractivity contribution in [3.63, 3.8) is 0 Å². The van der Waals surface area contributed by atoms with E-state index < -0.39 is 0 Å². The Morgan fingerprint density at radius 1 is 1.40 bits per heavy atom. The molecule has 0 aliphatic carbocycles. The Morgan fingerprint density at radius 2 is 2.13 bits per heavy atom. The second-order valence-corrected chi connectivity index (χ2v) is 4.32. The third kappa shape index (κ3) is 1.57. The van der Waals surface area contributed by atoms with Gasteiger partial charge in [0.2, 0.25) is 0 Å². The standard InChI is InChI=1S/C12H19N3/c1-9-5-4-6-11-12(9)14(2)8-10(7-13)15(11)3/h4-6,10H,7-8,13H2,1-3H3.